The van der Waals surface area contributed by atoms with Crippen molar-refractivity contribution in [2.24, 2.45) is 0 Å². The van der Waals surface area contributed by atoms with Gasteiger partial charge in [-0.25, -0.2) is 4.79 Å². The van der Waals surface area contributed by atoms with E-state index in [0.29, 0.717) is 12.2 Å². The van der Waals surface area contributed by atoms with Gasteiger partial charge in [0.2, 0.25) is 0 Å². The van der Waals surface area contributed by atoms with Crippen LogP contribution in [0.1, 0.15) is 38.0 Å². The van der Waals surface area contributed by atoms with E-state index in [9.17, 15) is 9.90 Å². The third kappa shape index (κ3) is 6.85. The van der Waals surface area contributed by atoms with Crippen LogP contribution in [0.2, 0.25) is 0 Å². The van der Waals surface area contributed by atoms with Crippen LogP contribution < -0.4 is 10.1 Å². The molecule has 0 heterocycles. The summed E-state index contributed by atoms with van der Waals surface area (Å²) in [6, 6.07) is 17.1. The van der Waals surface area contributed by atoms with Gasteiger partial charge >= 0.3 is 6.09 Å². The monoisotopic (exact) mass is 343 g/mol. The van der Waals surface area contributed by atoms with Gasteiger partial charge in [0.15, 0.2) is 0 Å². The number of carbonyl (C=O) groups is 1. The molecule has 0 radical (unpaired) electrons. The number of aliphatic hydroxyl groups is 1. The third-order valence-corrected chi connectivity index (χ3v) is 3.35. The molecule has 2 N–H and O–H groups in total. The predicted molar refractivity (Wildman–Crippen MR) is 96.4 cm³/mol. The first kappa shape index (κ1) is 18.8. The summed E-state index contributed by atoms with van der Waals surface area (Å²) >= 11 is 0. The number of hydrogen-bond donors (Lipinski definition) is 2. The number of nitrogens with one attached hydrogen (secondary N) is 1. The molecule has 1 atom stereocenters. The first-order valence-corrected chi connectivity index (χ1v) is 8.25. The SMILES string of the molecule is CC(C)(C)OC(=O)NC[C@@H](O)c1ccc(OCc2ccccc2)cc1. The number of ether oxygens (including phenoxy) is 2. The number of carbonyl (C=O) groups excluding carboxylic acids is 1. The number of rotatable bonds is 6. The van der Waals surface area contributed by atoms with Gasteiger partial charge in [0, 0.05) is 0 Å². The van der Waals surface area contributed by atoms with Gasteiger partial charge in [0.25, 0.3) is 0 Å². The molecular weight excluding hydrogens is 318 g/mol. The second-order valence-corrected chi connectivity index (χ2v) is 6.74. The minimum absolute atomic E-state index is 0.0825. The zero-order valence-corrected chi connectivity index (χ0v) is 14.9. The van der Waals surface area contributed by atoms with E-state index in [-0.39, 0.29) is 6.54 Å². The molecule has 0 spiro atoms. The molecular formula is C20H25NO4. The first-order valence-electron chi connectivity index (χ1n) is 8.25. The number of amides is 1. The molecule has 0 bridgehead atoms. The van der Waals surface area contributed by atoms with Crippen LogP contribution in [0.25, 0.3) is 0 Å². The van der Waals surface area contributed by atoms with Crippen molar-refractivity contribution >= 4 is 6.09 Å². The Morgan fingerprint density at radius 2 is 1.72 bits per heavy atom. The predicted octanol–water partition coefficient (Wildman–Crippen LogP) is 3.82. The number of benzene rings is 2. The lowest BCUT2D eigenvalue weighted by Gasteiger charge is -2.20. The number of aliphatic hydroxyl groups excluding tert-OH is 1. The molecule has 5 heteroatoms. The van der Waals surface area contributed by atoms with Crippen molar-refractivity contribution in [2.75, 3.05) is 6.54 Å². The summed E-state index contributed by atoms with van der Waals surface area (Å²) < 4.78 is 10.8. The minimum atomic E-state index is -0.810. The van der Waals surface area contributed by atoms with Crippen molar-refractivity contribution < 1.29 is 19.4 Å². The molecule has 0 saturated heterocycles. The zero-order chi connectivity index (χ0) is 18.3. The smallest absolute Gasteiger partial charge is 0.407 e. The van der Waals surface area contributed by atoms with E-state index in [1.807, 2.05) is 30.3 Å². The molecule has 0 fully saturated rings. The van der Waals surface area contributed by atoms with Crippen LogP contribution in [0.15, 0.2) is 54.6 Å². The average Bonchev–Trinajstić information content (AvgIpc) is 2.58. The lowest BCUT2D eigenvalue weighted by Crippen LogP contribution is -2.34. The Bertz CT molecular complexity index is 662. The number of alkyl carbamates (subject to hydrolysis) is 1. The van der Waals surface area contributed by atoms with Crippen molar-refractivity contribution in [1.29, 1.82) is 0 Å². The topological polar surface area (TPSA) is 67.8 Å². The van der Waals surface area contributed by atoms with Crippen LogP contribution in [-0.2, 0) is 11.3 Å². The fraction of sp³-hybridized carbons (Fsp3) is 0.350. The van der Waals surface area contributed by atoms with E-state index in [1.165, 1.54) is 0 Å². The maximum Gasteiger partial charge on any atom is 0.407 e. The van der Waals surface area contributed by atoms with Gasteiger partial charge in [0.05, 0.1) is 12.6 Å². The molecule has 5 nitrogen and oxygen atoms in total. The van der Waals surface area contributed by atoms with Gasteiger partial charge in [-0.15, -0.1) is 0 Å². The highest BCUT2D eigenvalue weighted by molar-refractivity contribution is 5.67. The minimum Gasteiger partial charge on any atom is -0.489 e. The Balaban J connectivity index is 1.81. The molecule has 0 aliphatic carbocycles. The summed E-state index contributed by atoms with van der Waals surface area (Å²) in [6.07, 6.45) is -1.36. The van der Waals surface area contributed by atoms with Crippen LogP contribution in [0.4, 0.5) is 4.79 Å². The second-order valence-electron chi connectivity index (χ2n) is 6.74. The molecule has 0 unspecified atom stereocenters. The Labute approximate surface area is 148 Å². The average molecular weight is 343 g/mol. The van der Waals surface area contributed by atoms with Gasteiger partial charge in [-0.05, 0) is 44.0 Å². The maximum atomic E-state index is 11.6. The molecule has 2 aromatic carbocycles. The quantitative estimate of drug-likeness (QED) is 0.836. The van der Waals surface area contributed by atoms with Gasteiger partial charge in [-0.2, -0.15) is 0 Å². The highest BCUT2D eigenvalue weighted by atomic mass is 16.6. The summed E-state index contributed by atoms with van der Waals surface area (Å²) in [7, 11) is 0. The first-order chi connectivity index (χ1) is 11.8. The van der Waals surface area contributed by atoms with Crippen LogP contribution in [0.5, 0.6) is 5.75 Å². The molecule has 2 aromatic rings. The summed E-state index contributed by atoms with van der Waals surface area (Å²) in [4.78, 5) is 11.6. The van der Waals surface area contributed by atoms with Gasteiger partial charge < -0.3 is 19.9 Å². The molecule has 0 aromatic heterocycles. The van der Waals surface area contributed by atoms with E-state index in [0.717, 1.165) is 11.3 Å². The summed E-state index contributed by atoms with van der Waals surface area (Å²) in [5, 5.41) is 12.7. The molecule has 1 amide bonds. The fourth-order valence-corrected chi connectivity index (χ4v) is 2.14. The van der Waals surface area contributed by atoms with Crippen molar-refractivity contribution in [3.63, 3.8) is 0 Å². The molecule has 2 rings (SSSR count). The molecule has 134 valence electrons. The van der Waals surface area contributed by atoms with E-state index in [1.54, 1.807) is 45.0 Å². The van der Waals surface area contributed by atoms with E-state index >= 15 is 0 Å². The normalized spacial score (nSPS) is 12.3. The lowest BCUT2D eigenvalue weighted by atomic mass is 10.1. The van der Waals surface area contributed by atoms with Gasteiger partial charge in [-0.1, -0.05) is 42.5 Å². The van der Waals surface area contributed by atoms with Gasteiger partial charge in [-0.3, -0.25) is 0 Å². The zero-order valence-electron chi connectivity index (χ0n) is 14.9. The Morgan fingerprint density at radius 1 is 1.08 bits per heavy atom. The van der Waals surface area contributed by atoms with Crippen LogP contribution >= 0.6 is 0 Å². The fourth-order valence-electron chi connectivity index (χ4n) is 2.14. The van der Waals surface area contributed by atoms with Crippen molar-refractivity contribution in [1.82, 2.24) is 5.32 Å². The van der Waals surface area contributed by atoms with Crippen LogP contribution in [0.3, 0.4) is 0 Å². The van der Waals surface area contributed by atoms with E-state index in [2.05, 4.69) is 5.32 Å². The molecule has 25 heavy (non-hydrogen) atoms. The van der Waals surface area contributed by atoms with Crippen molar-refractivity contribution in [3.8, 4) is 5.75 Å². The van der Waals surface area contributed by atoms with E-state index in [4.69, 9.17) is 9.47 Å². The maximum absolute atomic E-state index is 11.6. The second kappa shape index (κ2) is 8.53. The third-order valence-electron chi connectivity index (χ3n) is 3.35. The molecule has 0 aliphatic heterocycles. The Hall–Kier alpha value is -2.53. The van der Waals surface area contributed by atoms with Gasteiger partial charge in [0.1, 0.15) is 18.0 Å². The number of hydrogen-bond acceptors (Lipinski definition) is 4. The molecule has 0 saturated carbocycles. The standard InChI is InChI=1S/C20H25NO4/c1-20(2,3)25-19(23)21-13-18(22)16-9-11-17(12-10-16)24-14-15-7-5-4-6-8-15/h4-12,18,22H,13-14H2,1-3H3,(H,21,23)/t18-/m1/s1. The highest BCUT2D eigenvalue weighted by Crippen LogP contribution is 2.18. The highest BCUT2D eigenvalue weighted by Gasteiger charge is 2.17. The van der Waals surface area contributed by atoms with Crippen molar-refractivity contribution in [2.45, 2.75) is 39.1 Å². The van der Waals surface area contributed by atoms with Crippen molar-refractivity contribution in [3.05, 3.63) is 65.7 Å². The summed E-state index contributed by atoms with van der Waals surface area (Å²) in [5.41, 5.74) is 1.23. The molecule has 0 aliphatic rings. The Kier molecular flexibility index (Phi) is 6.42. The largest absolute Gasteiger partial charge is 0.489 e. The summed E-state index contributed by atoms with van der Waals surface area (Å²) in [5.74, 6) is 0.722. The van der Waals surface area contributed by atoms with Crippen LogP contribution in [-0.4, -0.2) is 23.3 Å². The Morgan fingerprint density at radius 3 is 2.32 bits per heavy atom. The summed E-state index contributed by atoms with van der Waals surface area (Å²) in [6.45, 7) is 5.94. The van der Waals surface area contributed by atoms with E-state index < -0.39 is 17.8 Å². The lowest BCUT2D eigenvalue weighted by molar-refractivity contribution is 0.0491. The van der Waals surface area contributed by atoms with Crippen LogP contribution in [0, 0.1) is 0 Å².